The van der Waals surface area contributed by atoms with E-state index >= 15 is 0 Å². The van der Waals surface area contributed by atoms with Crippen LogP contribution in [0, 0.1) is 11.8 Å². The highest BCUT2D eigenvalue weighted by Crippen LogP contribution is 2.30. The second kappa shape index (κ2) is 5.34. The summed E-state index contributed by atoms with van der Waals surface area (Å²) in [5.74, 6) is 1.88. The fourth-order valence-electron chi connectivity index (χ4n) is 3.30. The summed E-state index contributed by atoms with van der Waals surface area (Å²) in [5.41, 5.74) is 0. The van der Waals surface area contributed by atoms with Crippen molar-refractivity contribution in [3.05, 3.63) is 0 Å². The molecule has 0 bridgehead atoms. The van der Waals surface area contributed by atoms with Crippen LogP contribution in [0.15, 0.2) is 0 Å². The van der Waals surface area contributed by atoms with Gasteiger partial charge in [0.05, 0.1) is 0 Å². The normalized spacial score (nSPS) is 39.2. The minimum absolute atomic E-state index is 0.833. The molecule has 2 rings (SSSR count). The Bertz CT molecular complexity index is 184. The molecular formula is C14H27N. The summed E-state index contributed by atoms with van der Waals surface area (Å²) >= 11 is 0. The Kier molecular flexibility index (Phi) is 4.07. The van der Waals surface area contributed by atoms with Crippen LogP contribution in [0.3, 0.4) is 0 Å². The monoisotopic (exact) mass is 209 g/mol. The molecule has 0 aromatic heterocycles. The Hall–Kier alpha value is -0.0400. The molecule has 2 saturated carbocycles. The zero-order valence-electron chi connectivity index (χ0n) is 10.5. The summed E-state index contributed by atoms with van der Waals surface area (Å²) in [5, 5.41) is 3.91. The van der Waals surface area contributed by atoms with Gasteiger partial charge in [0.25, 0.3) is 0 Å². The highest BCUT2D eigenvalue weighted by Gasteiger charge is 2.26. The lowest BCUT2D eigenvalue weighted by Crippen LogP contribution is -2.43. The van der Waals surface area contributed by atoms with Crippen LogP contribution in [0.5, 0.6) is 0 Å². The zero-order chi connectivity index (χ0) is 10.7. The summed E-state index contributed by atoms with van der Waals surface area (Å²) < 4.78 is 0. The number of hydrogen-bond acceptors (Lipinski definition) is 1. The Labute approximate surface area is 95.0 Å². The predicted octanol–water partition coefficient (Wildman–Crippen LogP) is 3.73. The molecular weight excluding hydrogens is 182 g/mol. The van der Waals surface area contributed by atoms with Crippen LogP contribution in [0.1, 0.15) is 65.2 Å². The molecule has 2 fully saturated rings. The van der Waals surface area contributed by atoms with E-state index in [0.29, 0.717) is 0 Å². The van der Waals surface area contributed by atoms with Crippen molar-refractivity contribution in [2.24, 2.45) is 11.8 Å². The van der Waals surface area contributed by atoms with Crippen molar-refractivity contribution in [1.82, 2.24) is 5.32 Å². The second-order valence-electron chi connectivity index (χ2n) is 5.97. The molecule has 0 aromatic rings. The van der Waals surface area contributed by atoms with Crippen LogP contribution >= 0.6 is 0 Å². The zero-order valence-corrected chi connectivity index (χ0v) is 10.5. The molecule has 0 amide bonds. The fourth-order valence-corrected chi connectivity index (χ4v) is 3.30. The van der Waals surface area contributed by atoms with Gasteiger partial charge in [-0.1, -0.05) is 33.1 Å². The lowest BCUT2D eigenvalue weighted by atomic mass is 9.78. The Morgan fingerprint density at radius 2 is 1.47 bits per heavy atom. The van der Waals surface area contributed by atoms with Gasteiger partial charge in [-0.3, -0.25) is 0 Å². The van der Waals surface area contributed by atoms with E-state index in [0.717, 1.165) is 23.9 Å². The summed E-state index contributed by atoms with van der Waals surface area (Å²) in [6.45, 7) is 4.85. The molecule has 15 heavy (non-hydrogen) atoms. The topological polar surface area (TPSA) is 12.0 Å². The van der Waals surface area contributed by atoms with Gasteiger partial charge in [-0.05, 0) is 43.9 Å². The summed E-state index contributed by atoms with van der Waals surface area (Å²) in [7, 11) is 0. The van der Waals surface area contributed by atoms with Gasteiger partial charge in [0.15, 0.2) is 0 Å². The van der Waals surface area contributed by atoms with Crippen LogP contribution in [-0.2, 0) is 0 Å². The lowest BCUT2D eigenvalue weighted by Gasteiger charge is -2.36. The van der Waals surface area contributed by atoms with E-state index in [1.165, 1.54) is 51.4 Å². The molecule has 1 heteroatoms. The highest BCUT2D eigenvalue weighted by molar-refractivity contribution is 4.83. The summed E-state index contributed by atoms with van der Waals surface area (Å²) in [6, 6.07) is 1.68. The van der Waals surface area contributed by atoms with Crippen LogP contribution in [0.2, 0.25) is 0 Å². The molecule has 0 aliphatic heterocycles. The SMILES string of the molecule is CC1CCC(NC2CCCCC2)CC1C. The second-order valence-corrected chi connectivity index (χ2v) is 5.97. The molecule has 2 aliphatic carbocycles. The molecule has 0 aromatic carbocycles. The van der Waals surface area contributed by atoms with Gasteiger partial charge in [0, 0.05) is 12.1 Å². The van der Waals surface area contributed by atoms with Crippen molar-refractivity contribution < 1.29 is 0 Å². The third kappa shape index (κ3) is 3.21. The van der Waals surface area contributed by atoms with Gasteiger partial charge in [-0.15, -0.1) is 0 Å². The Morgan fingerprint density at radius 1 is 0.733 bits per heavy atom. The molecule has 3 atom stereocenters. The maximum absolute atomic E-state index is 3.91. The first-order valence-electron chi connectivity index (χ1n) is 7.01. The lowest BCUT2D eigenvalue weighted by molar-refractivity contribution is 0.203. The maximum Gasteiger partial charge on any atom is 0.00723 e. The highest BCUT2D eigenvalue weighted by atomic mass is 15.0. The largest absolute Gasteiger partial charge is 0.311 e. The summed E-state index contributed by atoms with van der Waals surface area (Å²) in [6.07, 6.45) is 11.5. The quantitative estimate of drug-likeness (QED) is 0.730. The van der Waals surface area contributed by atoms with Gasteiger partial charge in [0.2, 0.25) is 0 Å². The number of nitrogens with one attached hydrogen (secondary N) is 1. The van der Waals surface area contributed by atoms with Gasteiger partial charge in [0.1, 0.15) is 0 Å². The first-order valence-corrected chi connectivity index (χ1v) is 7.01. The van der Waals surface area contributed by atoms with E-state index in [2.05, 4.69) is 19.2 Å². The molecule has 0 radical (unpaired) electrons. The molecule has 0 heterocycles. The maximum atomic E-state index is 3.91. The van der Waals surface area contributed by atoms with E-state index < -0.39 is 0 Å². The minimum atomic E-state index is 0.833. The van der Waals surface area contributed by atoms with Crippen LogP contribution < -0.4 is 5.32 Å². The average molecular weight is 209 g/mol. The smallest absolute Gasteiger partial charge is 0.00723 e. The standard InChI is InChI=1S/C14H27N/c1-11-8-9-14(10-12(11)2)15-13-6-4-3-5-7-13/h11-15H,3-10H2,1-2H3. The van der Waals surface area contributed by atoms with Gasteiger partial charge < -0.3 is 5.32 Å². The molecule has 0 spiro atoms. The van der Waals surface area contributed by atoms with Gasteiger partial charge in [-0.25, -0.2) is 0 Å². The van der Waals surface area contributed by atoms with Crippen LogP contribution in [0.4, 0.5) is 0 Å². The van der Waals surface area contributed by atoms with Crippen molar-refractivity contribution in [2.45, 2.75) is 77.3 Å². The third-order valence-electron chi connectivity index (χ3n) is 4.67. The molecule has 1 nitrogen and oxygen atoms in total. The number of hydrogen-bond donors (Lipinski definition) is 1. The first kappa shape index (κ1) is 11.4. The molecule has 3 unspecified atom stereocenters. The molecule has 2 aliphatic rings. The Morgan fingerprint density at radius 3 is 2.13 bits per heavy atom. The van der Waals surface area contributed by atoms with Crippen LogP contribution in [-0.4, -0.2) is 12.1 Å². The van der Waals surface area contributed by atoms with E-state index in [9.17, 15) is 0 Å². The van der Waals surface area contributed by atoms with Crippen molar-refractivity contribution in [3.63, 3.8) is 0 Å². The predicted molar refractivity (Wildman–Crippen MR) is 66.0 cm³/mol. The van der Waals surface area contributed by atoms with Gasteiger partial charge >= 0.3 is 0 Å². The van der Waals surface area contributed by atoms with E-state index in [4.69, 9.17) is 0 Å². The first-order chi connectivity index (χ1) is 7.25. The van der Waals surface area contributed by atoms with Gasteiger partial charge in [-0.2, -0.15) is 0 Å². The van der Waals surface area contributed by atoms with E-state index in [1.807, 2.05) is 0 Å². The van der Waals surface area contributed by atoms with E-state index in [1.54, 1.807) is 0 Å². The van der Waals surface area contributed by atoms with Crippen LogP contribution in [0.25, 0.3) is 0 Å². The van der Waals surface area contributed by atoms with Crippen molar-refractivity contribution in [2.75, 3.05) is 0 Å². The van der Waals surface area contributed by atoms with Crippen molar-refractivity contribution in [1.29, 1.82) is 0 Å². The van der Waals surface area contributed by atoms with E-state index in [-0.39, 0.29) is 0 Å². The Balaban J connectivity index is 1.74. The molecule has 88 valence electrons. The van der Waals surface area contributed by atoms with Crippen molar-refractivity contribution in [3.8, 4) is 0 Å². The van der Waals surface area contributed by atoms with Crippen molar-refractivity contribution >= 4 is 0 Å². The average Bonchev–Trinajstić information content (AvgIpc) is 2.25. The third-order valence-corrected chi connectivity index (χ3v) is 4.67. The molecule has 0 saturated heterocycles. The minimum Gasteiger partial charge on any atom is -0.311 e. The number of rotatable bonds is 2. The summed E-state index contributed by atoms with van der Waals surface area (Å²) in [4.78, 5) is 0. The fraction of sp³-hybridized carbons (Fsp3) is 1.00. The molecule has 1 N–H and O–H groups in total.